The molecule has 60 heavy (non-hydrogen) atoms. The lowest BCUT2D eigenvalue weighted by Gasteiger charge is -2.39. The molecule has 3 saturated heterocycles. The van der Waals surface area contributed by atoms with Crippen LogP contribution in [0.1, 0.15) is 49.8 Å². The number of amides is 3. The van der Waals surface area contributed by atoms with Crippen molar-refractivity contribution in [3.63, 3.8) is 0 Å². The highest BCUT2D eigenvalue weighted by atomic mass is 16.2. The Hall–Kier alpha value is -6.55. The SMILES string of the molecule is C=CCn1c(=O)c2cnc(Nc3ccc(N4CCN(C5CCN(c6ccc7c(N8CCC(=O)NC8=O)nn(C)c7c6)C5)CC4)cc3)nc2n1-c1ccc2c(n1)C(CC)CC2. The number of pyridine rings is 1. The highest BCUT2D eigenvalue weighted by Crippen LogP contribution is 2.35. The standard InChI is InChI=1S/C44H49N13O3/c1-4-18-56-42(59)35-26-45-43(49-40(35)57(56)37-15-8-29-7-6-28(5-2)39(29)47-37)46-30-9-11-31(12-10-30)52-21-23-53(24-22-52)33-16-19-54(27-33)32-13-14-34-36(25-32)51(3)50-41(34)55-20-17-38(58)48-44(55)60/h4,8-15,25-26,28,33H,1,5-7,16-24,27H2,2-3H3,(H,45,46,49)(H,48,58,60). The van der Waals surface area contributed by atoms with Crippen molar-refractivity contribution in [1.82, 2.24) is 44.3 Å². The maximum atomic E-state index is 13.5. The van der Waals surface area contributed by atoms with E-state index in [9.17, 15) is 14.4 Å². The third kappa shape index (κ3) is 6.64. The molecule has 7 heterocycles. The summed E-state index contributed by atoms with van der Waals surface area (Å²) in [6.45, 7) is 12.5. The predicted molar refractivity (Wildman–Crippen MR) is 233 cm³/mol. The number of fused-ring (bicyclic) bond motifs is 3. The molecule has 6 aromatic rings. The van der Waals surface area contributed by atoms with E-state index >= 15 is 0 Å². The molecule has 3 fully saturated rings. The third-order valence-electron chi connectivity index (χ3n) is 12.8. The minimum absolute atomic E-state index is 0.176. The number of hydrogen-bond acceptors (Lipinski definition) is 11. The first-order valence-corrected chi connectivity index (χ1v) is 21.0. The van der Waals surface area contributed by atoms with Gasteiger partial charge in [0.2, 0.25) is 11.9 Å². The van der Waals surface area contributed by atoms with E-state index in [1.165, 1.54) is 11.3 Å². The van der Waals surface area contributed by atoms with E-state index in [1.807, 2.05) is 28.5 Å². The lowest BCUT2D eigenvalue weighted by atomic mass is 10.0. The molecule has 0 spiro atoms. The second kappa shape index (κ2) is 15.2. The van der Waals surface area contributed by atoms with Crippen molar-refractivity contribution < 1.29 is 9.59 Å². The number of rotatable bonds is 10. The molecule has 16 nitrogen and oxygen atoms in total. The summed E-state index contributed by atoms with van der Waals surface area (Å²) < 4.78 is 5.26. The number of carbonyl (C=O) groups excluding carboxylic acids is 2. The summed E-state index contributed by atoms with van der Waals surface area (Å²) in [4.78, 5) is 61.3. The first kappa shape index (κ1) is 37.7. The van der Waals surface area contributed by atoms with Crippen molar-refractivity contribution >= 4 is 62.7 Å². The average Bonchev–Trinajstić information content (AvgIpc) is 4.05. The molecule has 0 saturated carbocycles. The number of allylic oxidation sites excluding steroid dienone is 1. The van der Waals surface area contributed by atoms with Gasteiger partial charge in [0.05, 0.1) is 12.1 Å². The molecule has 4 aliphatic rings. The molecule has 3 amide bonds. The Morgan fingerprint density at radius 3 is 2.48 bits per heavy atom. The van der Waals surface area contributed by atoms with E-state index in [4.69, 9.17) is 9.97 Å². The summed E-state index contributed by atoms with van der Waals surface area (Å²) in [5, 5.41) is 11.8. The Morgan fingerprint density at radius 2 is 1.70 bits per heavy atom. The fourth-order valence-corrected chi connectivity index (χ4v) is 9.54. The van der Waals surface area contributed by atoms with Gasteiger partial charge in [-0.15, -0.1) is 6.58 Å². The van der Waals surface area contributed by atoms with Crippen LogP contribution in [0.2, 0.25) is 0 Å². The van der Waals surface area contributed by atoms with E-state index < -0.39 is 6.03 Å². The molecule has 2 N–H and O–H groups in total. The van der Waals surface area contributed by atoms with Crippen LogP contribution in [0, 0.1) is 0 Å². The zero-order valence-electron chi connectivity index (χ0n) is 34.0. The van der Waals surface area contributed by atoms with Gasteiger partial charge in [-0.1, -0.05) is 19.1 Å². The highest BCUT2D eigenvalue weighted by molar-refractivity contribution is 6.09. The fourth-order valence-electron chi connectivity index (χ4n) is 9.54. The second-order valence-electron chi connectivity index (χ2n) is 16.3. The lowest BCUT2D eigenvalue weighted by Crippen LogP contribution is -2.51. The van der Waals surface area contributed by atoms with Gasteiger partial charge in [0.25, 0.3) is 5.56 Å². The summed E-state index contributed by atoms with van der Waals surface area (Å²) in [7, 11) is 1.89. The molecule has 16 heteroatoms. The van der Waals surface area contributed by atoms with Gasteiger partial charge in [-0.05, 0) is 79.8 Å². The Kier molecular flexibility index (Phi) is 9.58. The molecular formula is C44H49N13O3. The quantitative estimate of drug-likeness (QED) is 0.178. The summed E-state index contributed by atoms with van der Waals surface area (Å²) in [5.74, 6) is 1.82. The van der Waals surface area contributed by atoms with Gasteiger partial charge in [-0.2, -0.15) is 10.1 Å². The number of nitrogens with zero attached hydrogens (tertiary/aromatic N) is 11. The van der Waals surface area contributed by atoms with Crippen LogP contribution >= 0.6 is 0 Å². The number of nitrogens with one attached hydrogen (secondary N) is 2. The maximum absolute atomic E-state index is 13.5. The van der Waals surface area contributed by atoms with Gasteiger partial charge < -0.3 is 15.1 Å². The first-order chi connectivity index (χ1) is 29.3. The molecule has 0 bridgehead atoms. The number of imide groups is 1. The number of piperazine rings is 1. The smallest absolute Gasteiger partial charge is 0.329 e. The minimum atomic E-state index is -0.425. The molecular weight excluding hydrogens is 759 g/mol. The molecule has 1 aliphatic carbocycles. The van der Waals surface area contributed by atoms with Crippen LogP contribution in [0.5, 0.6) is 0 Å². The Labute approximate surface area is 347 Å². The number of urea groups is 1. The van der Waals surface area contributed by atoms with Gasteiger partial charge in [0.15, 0.2) is 17.3 Å². The summed E-state index contributed by atoms with van der Waals surface area (Å²) in [6.07, 6.45) is 7.84. The average molecular weight is 808 g/mol. The van der Waals surface area contributed by atoms with Crippen molar-refractivity contribution in [2.75, 3.05) is 65.8 Å². The van der Waals surface area contributed by atoms with Crippen LogP contribution in [0.4, 0.5) is 33.6 Å². The van der Waals surface area contributed by atoms with Crippen LogP contribution in [0.3, 0.4) is 0 Å². The van der Waals surface area contributed by atoms with Crippen molar-refractivity contribution in [2.45, 2.75) is 57.5 Å². The topological polar surface area (TPSA) is 155 Å². The Bertz CT molecular complexity index is 2710. The number of anilines is 5. The zero-order valence-corrected chi connectivity index (χ0v) is 34.0. The third-order valence-corrected chi connectivity index (χ3v) is 12.8. The van der Waals surface area contributed by atoms with E-state index in [0.717, 1.165) is 92.9 Å². The van der Waals surface area contributed by atoms with Crippen LogP contribution < -0.4 is 30.9 Å². The van der Waals surface area contributed by atoms with Gasteiger partial charge in [-0.25, -0.2) is 24.1 Å². The Morgan fingerprint density at radius 1 is 0.883 bits per heavy atom. The van der Waals surface area contributed by atoms with Gasteiger partial charge in [0, 0.05) is 106 Å². The number of aromatic nitrogens is 7. The van der Waals surface area contributed by atoms with Crippen molar-refractivity contribution in [3.8, 4) is 5.82 Å². The normalized spacial score (nSPS) is 19.7. The molecule has 3 aliphatic heterocycles. The van der Waals surface area contributed by atoms with Crippen LogP contribution in [-0.4, -0.2) is 103 Å². The molecule has 4 aromatic heterocycles. The number of aryl methyl sites for hydroxylation is 2. The Balaban J connectivity index is 0.783. The van der Waals surface area contributed by atoms with E-state index in [2.05, 4.69) is 91.4 Å². The molecule has 2 unspecified atom stereocenters. The monoisotopic (exact) mass is 807 g/mol. The van der Waals surface area contributed by atoms with Crippen molar-refractivity contribution in [3.05, 3.63) is 95.1 Å². The van der Waals surface area contributed by atoms with E-state index in [0.29, 0.717) is 53.7 Å². The molecule has 308 valence electrons. The van der Waals surface area contributed by atoms with Gasteiger partial charge >= 0.3 is 6.03 Å². The number of carbonyl (C=O) groups is 2. The van der Waals surface area contributed by atoms with Crippen LogP contribution in [0.25, 0.3) is 27.8 Å². The van der Waals surface area contributed by atoms with E-state index in [-0.39, 0.29) is 17.9 Å². The van der Waals surface area contributed by atoms with Crippen molar-refractivity contribution in [2.24, 2.45) is 7.05 Å². The fraction of sp³-hybridized carbons (Fsp3) is 0.386. The zero-order chi connectivity index (χ0) is 41.1. The summed E-state index contributed by atoms with van der Waals surface area (Å²) in [5.41, 5.74) is 6.87. The second-order valence-corrected chi connectivity index (χ2v) is 16.3. The summed E-state index contributed by atoms with van der Waals surface area (Å²) >= 11 is 0. The largest absolute Gasteiger partial charge is 0.370 e. The summed E-state index contributed by atoms with van der Waals surface area (Å²) in [6, 6.07) is 18.9. The van der Waals surface area contributed by atoms with Crippen LogP contribution in [-0.2, 0) is 24.8 Å². The molecule has 0 radical (unpaired) electrons. The number of hydrogen-bond donors (Lipinski definition) is 2. The van der Waals surface area contributed by atoms with Gasteiger partial charge in [0.1, 0.15) is 5.39 Å². The van der Waals surface area contributed by atoms with Crippen molar-refractivity contribution in [1.29, 1.82) is 0 Å². The predicted octanol–water partition coefficient (Wildman–Crippen LogP) is 5.08. The number of benzene rings is 2. The molecule has 2 atom stereocenters. The maximum Gasteiger partial charge on any atom is 0.329 e. The van der Waals surface area contributed by atoms with Crippen LogP contribution in [0.15, 0.2) is 78.2 Å². The minimum Gasteiger partial charge on any atom is -0.370 e. The van der Waals surface area contributed by atoms with Gasteiger partial charge in [-0.3, -0.25) is 29.4 Å². The highest BCUT2D eigenvalue weighted by Gasteiger charge is 2.32. The lowest BCUT2D eigenvalue weighted by molar-refractivity contribution is -0.120. The molecule has 10 rings (SSSR count). The molecule has 2 aromatic carbocycles. The van der Waals surface area contributed by atoms with E-state index in [1.54, 1.807) is 21.9 Å². The first-order valence-electron chi connectivity index (χ1n) is 21.0.